The molecule has 18 heavy (non-hydrogen) atoms. The van der Waals surface area contributed by atoms with Crippen molar-refractivity contribution in [1.82, 2.24) is 0 Å². The summed E-state index contributed by atoms with van der Waals surface area (Å²) >= 11 is 0. The Hall–Kier alpha value is -2.05. The average molecular weight is 254 g/mol. The summed E-state index contributed by atoms with van der Waals surface area (Å²) in [7, 11) is 1.43. The molecule has 0 aliphatic carbocycles. The van der Waals surface area contributed by atoms with Crippen LogP contribution in [0.1, 0.15) is 5.56 Å². The van der Waals surface area contributed by atoms with E-state index in [1.165, 1.54) is 19.3 Å². The fourth-order valence-corrected chi connectivity index (χ4v) is 0.965. The van der Waals surface area contributed by atoms with E-state index in [1.807, 2.05) is 0 Å². The Morgan fingerprint density at radius 2 is 2.00 bits per heavy atom. The van der Waals surface area contributed by atoms with Gasteiger partial charge in [0.25, 0.3) is 0 Å². The van der Waals surface area contributed by atoms with Crippen LogP contribution in [0, 0.1) is 0 Å². The van der Waals surface area contributed by atoms with Crippen LogP contribution >= 0.6 is 0 Å². The highest BCUT2D eigenvalue weighted by atomic mass is 16.5. The van der Waals surface area contributed by atoms with Crippen molar-refractivity contribution in [1.29, 1.82) is 0 Å². The minimum Gasteiger partial charge on any atom is -0.504 e. The zero-order valence-corrected chi connectivity index (χ0v) is 10.2. The van der Waals surface area contributed by atoms with Crippen molar-refractivity contribution in [3.63, 3.8) is 0 Å². The molecule has 0 amide bonds. The number of methoxy groups -OCH3 is 1. The lowest BCUT2D eigenvalue weighted by Gasteiger charge is -2.03. The van der Waals surface area contributed by atoms with Gasteiger partial charge in [0.15, 0.2) is 11.5 Å². The van der Waals surface area contributed by atoms with Gasteiger partial charge >= 0.3 is 5.97 Å². The van der Waals surface area contributed by atoms with Gasteiger partial charge in [-0.2, -0.15) is 0 Å². The zero-order valence-electron chi connectivity index (χ0n) is 10.2. The quantitative estimate of drug-likeness (QED) is 0.577. The van der Waals surface area contributed by atoms with E-state index in [0.717, 1.165) is 6.08 Å². The highest BCUT2D eigenvalue weighted by Gasteiger charge is 2.00. The van der Waals surface area contributed by atoms with Crippen LogP contribution in [0.4, 0.5) is 0 Å². The summed E-state index contributed by atoms with van der Waals surface area (Å²) in [6, 6.07) is 4.59. The summed E-state index contributed by atoms with van der Waals surface area (Å²) in [5.74, 6) is -0.672. The number of benzene rings is 1. The molecule has 0 aliphatic heterocycles. The second kappa shape index (κ2) is 9.03. The van der Waals surface area contributed by atoms with Gasteiger partial charge in [0.1, 0.15) is 0 Å². The van der Waals surface area contributed by atoms with E-state index in [9.17, 15) is 9.90 Å². The molecular formula is C12H18N2O4. The zero-order chi connectivity index (χ0) is 14.0. The molecule has 0 spiro atoms. The standard InChI is InChI=1S/C10H10O4.C2H8N2/c1-14-9-6-7(2-4-8(9)11)3-5-10(12)13;3-1-2-4/h2-6,11H,1H3,(H,12,13);1-4H2/b5-3+;. The van der Waals surface area contributed by atoms with Crippen LogP contribution < -0.4 is 16.2 Å². The number of hydrogen-bond donors (Lipinski definition) is 4. The second-order valence-electron chi connectivity index (χ2n) is 3.18. The number of ether oxygens (including phenoxy) is 1. The Morgan fingerprint density at radius 3 is 2.44 bits per heavy atom. The fourth-order valence-electron chi connectivity index (χ4n) is 0.965. The summed E-state index contributed by atoms with van der Waals surface area (Å²) < 4.78 is 4.86. The normalized spacial score (nSPS) is 9.72. The van der Waals surface area contributed by atoms with Crippen molar-refractivity contribution in [3.8, 4) is 11.5 Å². The number of phenols is 1. The van der Waals surface area contributed by atoms with Crippen LogP contribution in [-0.4, -0.2) is 36.4 Å². The first-order valence-corrected chi connectivity index (χ1v) is 5.23. The summed E-state index contributed by atoms with van der Waals surface area (Å²) in [5, 5.41) is 17.6. The van der Waals surface area contributed by atoms with Gasteiger partial charge in [-0.25, -0.2) is 4.79 Å². The van der Waals surface area contributed by atoms with Gasteiger partial charge in [-0.1, -0.05) is 6.07 Å². The van der Waals surface area contributed by atoms with Gasteiger partial charge < -0.3 is 26.4 Å². The minimum atomic E-state index is -1.02. The van der Waals surface area contributed by atoms with Crippen LogP contribution in [0.2, 0.25) is 0 Å². The molecule has 0 fully saturated rings. The van der Waals surface area contributed by atoms with Crippen LogP contribution in [-0.2, 0) is 4.79 Å². The van der Waals surface area contributed by atoms with E-state index in [2.05, 4.69) is 0 Å². The van der Waals surface area contributed by atoms with Crippen molar-refractivity contribution in [2.45, 2.75) is 0 Å². The SMILES string of the molecule is COc1cc(/C=C/C(=O)O)ccc1O.NCCN. The van der Waals surface area contributed by atoms with Gasteiger partial charge in [0, 0.05) is 19.2 Å². The largest absolute Gasteiger partial charge is 0.504 e. The van der Waals surface area contributed by atoms with E-state index in [0.29, 0.717) is 24.4 Å². The van der Waals surface area contributed by atoms with E-state index >= 15 is 0 Å². The molecule has 6 nitrogen and oxygen atoms in total. The van der Waals surface area contributed by atoms with Crippen LogP contribution in [0.15, 0.2) is 24.3 Å². The molecule has 100 valence electrons. The Bertz CT molecular complexity index is 403. The summed E-state index contributed by atoms with van der Waals surface area (Å²) in [6.07, 6.45) is 2.44. The molecule has 0 unspecified atom stereocenters. The van der Waals surface area contributed by atoms with E-state index in [4.69, 9.17) is 21.3 Å². The van der Waals surface area contributed by atoms with E-state index in [-0.39, 0.29) is 5.75 Å². The molecule has 6 heteroatoms. The molecular weight excluding hydrogens is 236 g/mol. The number of carboxylic acid groups (broad SMARTS) is 1. The maximum absolute atomic E-state index is 10.2. The molecule has 0 aliphatic rings. The average Bonchev–Trinajstić information content (AvgIpc) is 2.38. The molecule has 1 rings (SSSR count). The fraction of sp³-hybridized carbons (Fsp3) is 0.250. The number of nitrogens with two attached hydrogens (primary N) is 2. The van der Waals surface area contributed by atoms with Crippen molar-refractivity contribution >= 4 is 12.0 Å². The van der Waals surface area contributed by atoms with Crippen molar-refractivity contribution < 1.29 is 19.7 Å². The topological polar surface area (TPSA) is 119 Å². The van der Waals surface area contributed by atoms with Gasteiger partial charge in [-0.15, -0.1) is 0 Å². The van der Waals surface area contributed by atoms with Crippen LogP contribution in [0.25, 0.3) is 6.08 Å². The number of carboxylic acids is 1. The molecule has 0 bridgehead atoms. The second-order valence-corrected chi connectivity index (χ2v) is 3.18. The Labute approximate surface area is 105 Å². The highest BCUT2D eigenvalue weighted by molar-refractivity contribution is 5.85. The first-order valence-electron chi connectivity index (χ1n) is 5.23. The smallest absolute Gasteiger partial charge is 0.328 e. The lowest BCUT2D eigenvalue weighted by Crippen LogP contribution is -2.11. The van der Waals surface area contributed by atoms with E-state index in [1.54, 1.807) is 12.1 Å². The highest BCUT2D eigenvalue weighted by Crippen LogP contribution is 2.26. The van der Waals surface area contributed by atoms with Gasteiger partial charge in [-0.05, 0) is 23.8 Å². The van der Waals surface area contributed by atoms with Crippen LogP contribution in [0.5, 0.6) is 11.5 Å². The van der Waals surface area contributed by atoms with Gasteiger partial charge in [0.2, 0.25) is 0 Å². The molecule has 6 N–H and O–H groups in total. The van der Waals surface area contributed by atoms with Gasteiger partial charge in [-0.3, -0.25) is 0 Å². The third-order valence-corrected chi connectivity index (χ3v) is 1.79. The monoisotopic (exact) mass is 254 g/mol. The molecule has 1 aromatic carbocycles. The summed E-state index contributed by atoms with van der Waals surface area (Å²) in [6.45, 7) is 1.19. The molecule has 0 saturated heterocycles. The van der Waals surface area contributed by atoms with Crippen molar-refractivity contribution in [3.05, 3.63) is 29.8 Å². The summed E-state index contributed by atoms with van der Waals surface area (Å²) in [4.78, 5) is 10.2. The minimum absolute atomic E-state index is 0.0278. The molecule has 0 aromatic heterocycles. The Balaban J connectivity index is 0.000000631. The predicted octanol–water partition coefficient (Wildman–Crippen LogP) is 0.402. The molecule has 0 atom stereocenters. The van der Waals surface area contributed by atoms with E-state index < -0.39 is 5.97 Å². The number of hydrogen-bond acceptors (Lipinski definition) is 5. The third kappa shape index (κ3) is 6.51. The lowest BCUT2D eigenvalue weighted by molar-refractivity contribution is -0.131. The first kappa shape index (κ1) is 16.0. The maximum atomic E-state index is 10.2. The number of rotatable bonds is 4. The Morgan fingerprint density at radius 1 is 1.39 bits per heavy atom. The number of phenolic OH excluding ortho intramolecular Hbond substituents is 1. The maximum Gasteiger partial charge on any atom is 0.328 e. The molecule has 1 aromatic rings. The number of carbonyl (C=O) groups is 1. The van der Waals surface area contributed by atoms with Crippen molar-refractivity contribution in [2.24, 2.45) is 11.5 Å². The Kier molecular flexibility index (Phi) is 8.00. The number of aliphatic carboxylic acids is 1. The van der Waals surface area contributed by atoms with Crippen molar-refractivity contribution in [2.75, 3.05) is 20.2 Å². The summed E-state index contributed by atoms with van der Waals surface area (Å²) in [5.41, 5.74) is 10.5. The lowest BCUT2D eigenvalue weighted by atomic mass is 10.2. The van der Waals surface area contributed by atoms with Gasteiger partial charge in [0.05, 0.1) is 7.11 Å². The predicted molar refractivity (Wildman–Crippen MR) is 69.4 cm³/mol. The molecule has 0 heterocycles. The first-order chi connectivity index (χ1) is 8.54. The molecule has 0 radical (unpaired) electrons. The molecule has 0 saturated carbocycles. The van der Waals surface area contributed by atoms with Crippen LogP contribution in [0.3, 0.4) is 0 Å². The number of aromatic hydroxyl groups is 1. The third-order valence-electron chi connectivity index (χ3n) is 1.79.